The van der Waals surface area contributed by atoms with Crippen molar-refractivity contribution in [2.24, 2.45) is 0 Å². The van der Waals surface area contributed by atoms with Crippen LogP contribution < -0.4 is 4.90 Å². The number of fused-ring (bicyclic) bond motifs is 1. The maximum absolute atomic E-state index is 10.6. The molecule has 0 atom stereocenters. The number of H-pyrrole nitrogens is 1. The summed E-state index contributed by atoms with van der Waals surface area (Å²) in [5.74, 6) is 0.171. The fraction of sp³-hybridized carbons (Fsp3) is 0.364. The van der Waals surface area contributed by atoms with Gasteiger partial charge in [0.05, 0.1) is 16.6 Å². The molecule has 0 radical (unpaired) electrons. The zero-order chi connectivity index (χ0) is 21.0. The van der Waals surface area contributed by atoms with Gasteiger partial charge in [-0.05, 0) is 50.1 Å². The highest BCUT2D eigenvalue weighted by molar-refractivity contribution is 7.22. The van der Waals surface area contributed by atoms with Gasteiger partial charge in [0.25, 0.3) is 0 Å². The number of anilines is 1. The normalized spacial score (nSPS) is 18.5. The predicted octanol–water partition coefficient (Wildman–Crippen LogP) is 3.52. The molecule has 2 N–H and O–H groups in total. The number of likely N-dealkylation sites (tertiary alicyclic amines) is 1. The van der Waals surface area contributed by atoms with Crippen molar-refractivity contribution in [1.82, 2.24) is 30.3 Å². The van der Waals surface area contributed by atoms with Crippen LogP contribution in [0.1, 0.15) is 19.3 Å². The Kier molecular flexibility index (Phi) is 4.22. The molecule has 0 aliphatic carbocycles. The summed E-state index contributed by atoms with van der Waals surface area (Å²) >= 11 is 1.67. The number of hydrogen-bond acceptors (Lipinski definition) is 8. The number of phenolic OH excluding ortho intramolecular Hbond substituents is 1. The number of aromatic hydroxyl groups is 1. The van der Waals surface area contributed by atoms with Gasteiger partial charge in [0, 0.05) is 42.5 Å². The lowest BCUT2D eigenvalue weighted by molar-refractivity contribution is 0.135. The fourth-order valence-electron chi connectivity index (χ4n) is 4.71. The Morgan fingerprint density at radius 2 is 1.90 bits per heavy atom. The molecule has 2 fully saturated rings. The number of thiazole rings is 1. The molecule has 2 aliphatic rings. The molecule has 0 bridgehead atoms. The van der Waals surface area contributed by atoms with Gasteiger partial charge in [-0.1, -0.05) is 17.4 Å². The minimum atomic E-state index is 0.171. The molecule has 2 aliphatic heterocycles. The molecular formula is C22H23N7OS. The van der Waals surface area contributed by atoms with E-state index in [0.29, 0.717) is 16.9 Å². The van der Waals surface area contributed by atoms with E-state index in [0.717, 1.165) is 40.6 Å². The number of aromatic amines is 1. The minimum Gasteiger partial charge on any atom is -0.507 e. The second kappa shape index (κ2) is 7.00. The Labute approximate surface area is 183 Å². The number of piperidine rings is 1. The molecule has 9 heteroatoms. The van der Waals surface area contributed by atoms with E-state index >= 15 is 0 Å². The molecule has 0 amide bonds. The van der Waals surface area contributed by atoms with Crippen LogP contribution in [0.15, 0.2) is 36.7 Å². The van der Waals surface area contributed by atoms with Crippen molar-refractivity contribution in [3.8, 4) is 28.1 Å². The van der Waals surface area contributed by atoms with Gasteiger partial charge in [-0.25, -0.2) is 0 Å². The molecule has 0 unspecified atom stereocenters. The molecule has 4 aromatic rings. The first kappa shape index (κ1) is 18.7. The zero-order valence-electron chi connectivity index (χ0n) is 17.2. The molecule has 3 aromatic heterocycles. The highest BCUT2D eigenvalue weighted by Crippen LogP contribution is 2.45. The zero-order valence-corrected chi connectivity index (χ0v) is 18.1. The van der Waals surface area contributed by atoms with Gasteiger partial charge in [-0.2, -0.15) is 10.1 Å². The fourth-order valence-corrected chi connectivity index (χ4v) is 5.78. The van der Waals surface area contributed by atoms with Crippen LogP contribution in [0.5, 0.6) is 5.75 Å². The Morgan fingerprint density at radius 3 is 2.61 bits per heavy atom. The maximum Gasteiger partial charge on any atom is 0.194 e. The van der Waals surface area contributed by atoms with Crippen LogP contribution in [0, 0.1) is 0 Å². The number of hydrogen-bond donors (Lipinski definition) is 2. The second-order valence-electron chi connectivity index (χ2n) is 8.56. The van der Waals surface area contributed by atoms with Crippen LogP contribution in [0.3, 0.4) is 0 Å². The molecule has 158 valence electrons. The molecule has 0 saturated carbocycles. The number of phenols is 1. The third kappa shape index (κ3) is 3.07. The molecule has 1 aromatic carbocycles. The molecule has 1 spiro atoms. The highest BCUT2D eigenvalue weighted by Gasteiger charge is 2.47. The molecule has 31 heavy (non-hydrogen) atoms. The largest absolute Gasteiger partial charge is 0.507 e. The van der Waals surface area contributed by atoms with Gasteiger partial charge in [0.1, 0.15) is 5.75 Å². The van der Waals surface area contributed by atoms with E-state index in [4.69, 9.17) is 4.98 Å². The van der Waals surface area contributed by atoms with Crippen molar-refractivity contribution in [1.29, 1.82) is 0 Å². The lowest BCUT2D eigenvalue weighted by atomic mass is 9.77. The average Bonchev–Trinajstić information content (AvgIpc) is 3.43. The summed E-state index contributed by atoms with van der Waals surface area (Å²) in [6, 6.07) is 7.54. The number of nitrogens with zero attached hydrogens (tertiary/aromatic N) is 6. The standard InChI is InChI=1S/C22H23N7OS/c1-28-7-4-22(5-8-28)6-9-29(22)21-25-20-19(31-21)11-17(26-27-20)16-3-2-14(10-18(16)30)15-12-23-24-13-15/h2-3,10-13,30H,4-9H2,1H3,(H,23,24). The van der Waals surface area contributed by atoms with Crippen molar-refractivity contribution in [3.05, 3.63) is 36.7 Å². The van der Waals surface area contributed by atoms with Crippen molar-refractivity contribution in [2.75, 3.05) is 31.6 Å². The van der Waals surface area contributed by atoms with E-state index in [9.17, 15) is 5.11 Å². The Balaban J connectivity index is 1.31. The minimum absolute atomic E-state index is 0.171. The molecule has 2 saturated heterocycles. The third-order valence-electron chi connectivity index (χ3n) is 6.77. The highest BCUT2D eigenvalue weighted by atomic mass is 32.1. The van der Waals surface area contributed by atoms with Crippen molar-refractivity contribution in [2.45, 2.75) is 24.8 Å². The average molecular weight is 434 g/mol. The van der Waals surface area contributed by atoms with Gasteiger partial charge in [-0.15, -0.1) is 10.2 Å². The summed E-state index contributed by atoms with van der Waals surface area (Å²) in [6.07, 6.45) is 7.14. The van der Waals surface area contributed by atoms with Crippen LogP contribution in [-0.4, -0.2) is 67.6 Å². The van der Waals surface area contributed by atoms with Crippen molar-refractivity contribution >= 4 is 26.8 Å². The van der Waals surface area contributed by atoms with Gasteiger partial charge >= 0.3 is 0 Å². The molecular weight excluding hydrogens is 410 g/mol. The van der Waals surface area contributed by atoms with Crippen molar-refractivity contribution < 1.29 is 5.11 Å². The van der Waals surface area contributed by atoms with E-state index in [1.807, 2.05) is 18.2 Å². The SMILES string of the molecule is CN1CCC2(CC1)CCN2c1nc2nnc(-c3ccc(-c4cn[nH]c4)cc3O)cc2s1. The van der Waals surface area contributed by atoms with E-state index in [2.05, 4.69) is 37.2 Å². The van der Waals surface area contributed by atoms with Crippen molar-refractivity contribution in [3.63, 3.8) is 0 Å². The Hall–Kier alpha value is -3.04. The smallest absolute Gasteiger partial charge is 0.194 e. The number of nitrogens with one attached hydrogen (secondary N) is 1. The van der Waals surface area contributed by atoms with Gasteiger partial charge in [0.15, 0.2) is 10.8 Å². The third-order valence-corrected chi connectivity index (χ3v) is 7.79. The maximum atomic E-state index is 10.6. The van der Waals surface area contributed by atoms with Crippen LogP contribution >= 0.6 is 11.3 Å². The summed E-state index contributed by atoms with van der Waals surface area (Å²) in [5.41, 5.74) is 4.06. The first-order chi connectivity index (χ1) is 15.1. The lowest BCUT2D eigenvalue weighted by Crippen LogP contribution is -2.64. The van der Waals surface area contributed by atoms with Gasteiger partial charge in [0.2, 0.25) is 0 Å². The molecule has 8 nitrogen and oxygen atoms in total. The summed E-state index contributed by atoms with van der Waals surface area (Å²) in [5, 5.41) is 27.1. The quantitative estimate of drug-likeness (QED) is 0.510. The summed E-state index contributed by atoms with van der Waals surface area (Å²) in [4.78, 5) is 9.67. The van der Waals surface area contributed by atoms with E-state index in [-0.39, 0.29) is 11.3 Å². The van der Waals surface area contributed by atoms with Crippen LogP contribution in [0.25, 0.3) is 32.7 Å². The first-order valence-corrected chi connectivity index (χ1v) is 11.4. The molecule has 6 rings (SSSR count). The monoisotopic (exact) mass is 433 g/mol. The van der Waals surface area contributed by atoms with E-state index in [1.165, 1.54) is 19.3 Å². The van der Waals surface area contributed by atoms with Crippen LogP contribution in [0.4, 0.5) is 5.13 Å². The predicted molar refractivity (Wildman–Crippen MR) is 121 cm³/mol. The summed E-state index contributed by atoms with van der Waals surface area (Å²) in [6.45, 7) is 3.33. The lowest BCUT2D eigenvalue weighted by Gasteiger charge is -2.56. The van der Waals surface area contributed by atoms with E-state index in [1.54, 1.807) is 29.8 Å². The number of benzene rings is 1. The molecule has 5 heterocycles. The Morgan fingerprint density at radius 1 is 1.06 bits per heavy atom. The van der Waals surface area contributed by atoms with Gasteiger partial charge < -0.3 is 14.9 Å². The topological polar surface area (TPSA) is 94.1 Å². The Bertz CT molecular complexity index is 1240. The van der Waals surface area contributed by atoms with Gasteiger partial charge in [-0.3, -0.25) is 5.10 Å². The second-order valence-corrected chi connectivity index (χ2v) is 9.57. The first-order valence-electron chi connectivity index (χ1n) is 10.5. The van der Waals surface area contributed by atoms with E-state index < -0.39 is 0 Å². The number of aromatic nitrogens is 5. The summed E-state index contributed by atoms with van der Waals surface area (Å²) < 4.78 is 0.994. The van der Waals surface area contributed by atoms with Crippen LogP contribution in [0.2, 0.25) is 0 Å². The van der Waals surface area contributed by atoms with Crippen LogP contribution in [-0.2, 0) is 0 Å². The number of rotatable bonds is 3. The summed E-state index contributed by atoms with van der Waals surface area (Å²) in [7, 11) is 2.20.